The van der Waals surface area contributed by atoms with Crippen LogP contribution in [0, 0.1) is 11.8 Å². The molecule has 0 bridgehead atoms. The summed E-state index contributed by atoms with van der Waals surface area (Å²) in [5.74, 6) is -7.23. The van der Waals surface area contributed by atoms with Gasteiger partial charge in [0.2, 0.25) is 12.6 Å². The first kappa shape index (κ1) is 78.3. The number of ether oxygens (including phenoxy) is 17. The van der Waals surface area contributed by atoms with Crippen molar-refractivity contribution in [2.75, 3.05) is 47.3 Å². The number of rotatable bonds is 41. The molecule has 2 saturated heterocycles. The lowest BCUT2D eigenvalue weighted by atomic mass is 9.85. The molecule has 0 aromatic heterocycles. The van der Waals surface area contributed by atoms with E-state index in [4.69, 9.17) is 100 Å². The molecule has 2 aliphatic heterocycles. The molecule has 2 fully saturated rings. The third-order valence-electron chi connectivity index (χ3n) is 12.5. The van der Waals surface area contributed by atoms with E-state index in [1.54, 1.807) is 48.7 Å². The fourth-order valence-electron chi connectivity index (χ4n) is 10.9. The van der Waals surface area contributed by atoms with Crippen LogP contribution in [0.2, 0.25) is 0 Å². The van der Waals surface area contributed by atoms with Gasteiger partial charge in [-0.1, -0.05) is 6.92 Å². The summed E-state index contributed by atoms with van der Waals surface area (Å²) in [5, 5.41) is 0. The number of methoxy groups -OCH3 is 2. The van der Waals surface area contributed by atoms with Gasteiger partial charge in [0.05, 0.1) is 99.2 Å². The molecular formula is C62H122O21. The van der Waals surface area contributed by atoms with Gasteiger partial charge in [-0.2, -0.15) is 19.6 Å². The van der Waals surface area contributed by atoms with E-state index >= 15 is 0 Å². The van der Waals surface area contributed by atoms with Crippen molar-refractivity contribution in [3.05, 3.63) is 0 Å². The van der Waals surface area contributed by atoms with Crippen molar-refractivity contribution in [2.24, 2.45) is 11.8 Å². The predicted octanol–water partition coefficient (Wildman–Crippen LogP) is 11.4. The molecule has 0 aromatic carbocycles. The Balaban J connectivity index is 3.10. The molecule has 0 spiro atoms. The molecule has 2 aliphatic rings. The van der Waals surface area contributed by atoms with Crippen LogP contribution in [0.3, 0.4) is 0 Å². The predicted molar refractivity (Wildman–Crippen MR) is 314 cm³/mol. The third-order valence-corrected chi connectivity index (χ3v) is 12.5. The zero-order valence-corrected chi connectivity index (χ0v) is 57.6. The summed E-state index contributed by atoms with van der Waals surface area (Å²) in [6, 6.07) is 0. The fourth-order valence-corrected chi connectivity index (χ4v) is 10.9. The zero-order chi connectivity index (χ0) is 63.9. The van der Waals surface area contributed by atoms with Gasteiger partial charge in [-0.3, -0.25) is 0 Å². The van der Waals surface area contributed by atoms with Gasteiger partial charge >= 0.3 is 0 Å². The highest BCUT2D eigenvalue weighted by Gasteiger charge is 2.56. The van der Waals surface area contributed by atoms with Crippen molar-refractivity contribution < 1.29 is 100 Å². The Morgan fingerprint density at radius 1 is 0.373 bits per heavy atom. The van der Waals surface area contributed by atoms with Crippen molar-refractivity contribution >= 4 is 0 Å². The van der Waals surface area contributed by atoms with E-state index in [-0.39, 0.29) is 75.8 Å². The molecule has 12 atom stereocenters. The molecule has 2 rings (SSSR count). The van der Waals surface area contributed by atoms with Gasteiger partial charge in [0.25, 0.3) is 0 Å². The summed E-state index contributed by atoms with van der Waals surface area (Å²) >= 11 is 0. The van der Waals surface area contributed by atoms with E-state index in [1.165, 1.54) is 7.11 Å². The lowest BCUT2D eigenvalue weighted by molar-refractivity contribution is -0.501. The van der Waals surface area contributed by atoms with Gasteiger partial charge in [0, 0.05) is 26.1 Å². The molecule has 21 nitrogen and oxygen atoms in total. The van der Waals surface area contributed by atoms with Crippen LogP contribution < -0.4 is 0 Å². The zero-order valence-electron chi connectivity index (χ0n) is 57.6. The standard InChI is InChI=1S/C62H122O21/c1-37(2)70-56(16,17)35-66-48-44(15)49(54(64-31)80-82-61(26,27)75-42(11)12)68-47(52(48)77-58(20,21)72-39(5)6)34-65-32-45-50(67-36-57(18,19)71-38(3)4)53(78-59(22,23)73-40(7)8)46(33-63-30)69-51(45)55(79-60(24,25)74-41(9)10)81-83-62(28,29)76-43(13)14/h37-55H,32-36H2,1-31H3. The average molecular weight is 1200 g/mol. The van der Waals surface area contributed by atoms with Crippen molar-refractivity contribution in [2.45, 2.75) is 345 Å². The summed E-state index contributed by atoms with van der Waals surface area (Å²) in [7, 11) is 3.12. The van der Waals surface area contributed by atoms with Crippen LogP contribution in [0.1, 0.15) is 201 Å². The molecule has 0 amide bonds. The Morgan fingerprint density at radius 3 is 1.14 bits per heavy atom. The van der Waals surface area contributed by atoms with Gasteiger partial charge in [-0.25, -0.2) is 0 Å². The Bertz CT molecular complexity index is 1770. The van der Waals surface area contributed by atoms with Gasteiger partial charge < -0.3 is 80.5 Å². The van der Waals surface area contributed by atoms with Crippen LogP contribution >= 0.6 is 0 Å². The van der Waals surface area contributed by atoms with Gasteiger partial charge in [0.15, 0.2) is 28.9 Å². The molecular weight excluding hydrogens is 1080 g/mol. The minimum Gasteiger partial charge on any atom is -0.382 e. The van der Waals surface area contributed by atoms with Crippen molar-refractivity contribution in [3.8, 4) is 0 Å². The van der Waals surface area contributed by atoms with E-state index in [9.17, 15) is 0 Å². The van der Waals surface area contributed by atoms with E-state index in [0.717, 1.165) is 0 Å². The highest BCUT2D eigenvalue weighted by atomic mass is 17.3. The fraction of sp³-hybridized carbons (Fsp3) is 1.00. The SMILES string of the molecule is COCC1OC(C(OOC(C)(C)OC(C)C)OC(C)(C)OC(C)C)C(COCC2OC(C(OC)OOC(C)(C)OC(C)C)C(C)C(OCC(C)(C)OC(C)C)C2OC(C)(C)OC(C)C)C(OCC(C)(C)OC(C)C)C1OC(C)(C)OC(C)C. The summed E-state index contributed by atoms with van der Waals surface area (Å²) in [6.07, 6.45) is -10.5. The third kappa shape index (κ3) is 29.1. The first-order valence-electron chi connectivity index (χ1n) is 30.4. The topological polar surface area (TPSA) is 194 Å². The normalized spacial score (nSPS) is 25.8. The maximum absolute atomic E-state index is 7.23. The van der Waals surface area contributed by atoms with E-state index < -0.39 is 113 Å². The van der Waals surface area contributed by atoms with Crippen LogP contribution in [0.15, 0.2) is 0 Å². The van der Waals surface area contributed by atoms with Crippen molar-refractivity contribution in [3.63, 3.8) is 0 Å². The smallest absolute Gasteiger partial charge is 0.220 e. The maximum Gasteiger partial charge on any atom is 0.220 e. The van der Waals surface area contributed by atoms with Crippen LogP contribution in [0.4, 0.5) is 0 Å². The molecule has 0 N–H and O–H groups in total. The lowest BCUT2D eigenvalue weighted by Gasteiger charge is -2.51. The highest BCUT2D eigenvalue weighted by molar-refractivity contribution is 4.99. The molecule has 83 heavy (non-hydrogen) atoms. The summed E-state index contributed by atoms with van der Waals surface area (Å²) in [4.78, 5) is 24.7. The van der Waals surface area contributed by atoms with Crippen LogP contribution in [-0.2, 0) is 100 Å². The maximum atomic E-state index is 7.23. The molecule has 2 heterocycles. The van der Waals surface area contributed by atoms with Gasteiger partial charge in [-0.05, 0) is 194 Å². The minimum atomic E-state index is -1.34. The highest BCUT2D eigenvalue weighted by Crippen LogP contribution is 2.41. The second-order valence-corrected chi connectivity index (χ2v) is 27.6. The average Bonchev–Trinajstić information content (AvgIpc) is 3.34. The molecule has 12 unspecified atom stereocenters. The molecule has 0 saturated carbocycles. The first-order chi connectivity index (χ1) is 37.8. The Hall–Kier alpha value is -0.840. The first-order valence-corrected chi connectivity index (χ1v) is 30.4. The van der Waals surface area contributed by atoms with E-state index in [2.05, 4.69) is 0 Å². The number of hydrogen-bond donors (Lipinski definition) is 0. The monoisotopic (exact) mass is 1200 g/mol. The summed E-state index contributed by atoms with van der Waals surface area (Å²) in [6.45, 7) is 55.5. The Kier molecular flexibility index (Phi) is 31.9. The Labute approximate surface area is 502 Å². The lowest BCUT2D eigenvalue weighted by Crippen LogP contribution is -2.65. The summed E-state index contributed by atoms with van der Waals surface area (Å²) < 4.78 is 113. The molecule has 496 valence electrons. The second-order valence-electron chi connectivity index (χ2n) is 27.6. The minimum absolute atomic E-state index is 0.0655. The van der Waals surface area contributed by atoms with Crippen LogP contribution in [0.25, 0.3) is 0 Å². The largest absolute Gasteiger partial charge is 0.382 e. The molecule has 0 radical (unpaired) electrons. The molecule has 0 aromatic rings. The molecule has 21 heteroatoms. The van der Waals surface area contributed by atoms with E-state index in [1.807, 2.05) is 159 Å². The van der Waals surface area contributed by atoms with Crippen molar-refractivity contribution in [1.82, 2.24) is 0 Å². The number of hydrogen-bond acceptors (Lipinski definition) is 21. The van der Waals surface area contributed by atoms with E-state index in [0.29, 0.717) is 0 Å². The quantitative estimate of drug-likeness (QED) is 0.0318. The Morgan fingerprint density at radius 2 is 0.735 bits per heavy atom. The van der Waals surface area contributed by atoms with Crippen molar-refractivity contribution in [1.29, 1.82) is 0 Å². The van der Waals surface area contributed by atoms with Crippen LogP contribution in [0.5, 0.6) is 0 Å². The van der Waals surface area contributed by atoms with Gasteiger partial charge in [0.1, 0.15) is 36.6 Å². The molecule has 0 aliphatic carbocycles. The van der Waals surface area contributed by atoms with Crippen LogP contribution in [-0.4, -0.2) is 192 Å². The van der Waals surface area contributed by atoms with Gasteiger partial charge in [-0.15, -0.1) is 0 Å². The summed E-state index contributed by atoms with van der Waals surface area (Å²) in [5.41, 5.74) is -1.48. The second kappa shape index (κ2) is 33.8.